The molecule has 150 valence electrons. The molecule has 3 rings (SSSR count). The number of amides is 1. The maximum Gasteiger partial charge on any atom is 0.288 e. The maximum absolute atomic E-state index is 12.7. The van der Waals surface area contributed by atoms with E-state index < -0.39 is 11.7 Å². The zero-order valence-corrected chi connectivity index (χ0v) is 16.5. The van der Waals surface area contributed by atoms with Crippen LogP contribution < -0.4 is 15.1 Å². The molecule has 1 saturated heterocycles. The van der Waals surface area contributed by atoms with Crippen molar-refractivity contribution in [2.75, 3.05) is 37.0 Å². The standard InChI is InChI=1S/C18H22F2N6OS/c1-25(2)17-22-14(23-18(24-17)26-9-5-6-10-26)11-21-15(27)12-7-3-4-8-13(12)28-16(19)20/h3-4,7-8,16H,5-6,9-11H2,1-2H3,(H,21,27). The number of aromatic nitrogens is 3. The van der Waals surface area contributed by atoms with Gasteiger partial charge in [0.05, 0.1) is 12.1 Å². The molecule has 0 radical (unpaired) electrons. The molecule has 0 aliphatic carbocycles. The van der Waals surface area contributed by atoms with E-state index in [9.17, 15) is 13.6 Å². The molecule has 1 aliphatic rings. The van der Waals surface area contributed by atoms with Crippen LogP contribution in [0.5, 0.6) is 0 Å². The second-order valence-electron chi connectivity index (χ2n) is 6.50. The Kier molecular flexibility index (Phi) is 6.61. The summed E-state index contributed by atoms with van der Waals surface area (Å²) in [6.07, 6.45) is 2.18. The van der Waals surface area contributed by atoms with Crippen LogP contribution in [-0.2, 0) is 6.54 Å². The van der Waals surface area contributed by atoms with Gasteiger partial charge in [0.1, 0.15) is 0 Å². The van der Waals surface area contributed by atoms with E-state index in [1.54, 1.807) is 17.0 Å². The summed E-state index contributed by atoms with van der Waals surface area (Å²) in [7, 11) is 3.67. The van der Waals surface area contributed by atoms with E-state index in [0.717, 1.165) is 25.9 Å². The zero-order valence-electron chi connectivity index (χ0n) is 15.7. The quantitative estimate of drug-likeness (QED) is 0.706. The van der Waals surface area contributed by atoms with Gasteiger partial charge in [-0.2, -0.15) is 23.7 Å². The molecule has 1 amide bonds. The lowest BCUT2D eigenvalue weighted by Gasteiger charge is -2.19. The summed E-state index contributed by atoms with van der Waals surface area (Å²) in [5.41, 5.74) is 0.203. The molecule has 1 aromatic carbocycles. The first-order chi connectivity index (χ1) is 13.4. The Morgan fingerprint density at radius 1 is 1.21 bits per heavy atom. The number of alkyl halides is 2. The number of thioether (sulfide) groups is 1. The third kappa shape index (κ3) is 5.06. The number of benzene rings is 1. The Bertz CT molecular complexity index is 829. The SMILES string of the molecule is CN(C)c1nc(CNC(=O)c2ccccc2SC(F)F)nc(N2CCCC2)n1. The van der Waals surface area contributed by atoms with E-state index in [-0.39, 0.29) is 17.0 Å². The zero-order chi connectivity index (χ0) is 20.1. The van der Waals surface area contributed by atoms with Crippen molar-refractivity contribution < 1.29 is 13.6 Å². The van der Waals surface area contributed by atoms with E-state index in [0.29, 0.717) is 29.5 Å². The van der Waals surface area contributed by atoms with Crippen molar-refractivity contribution in [3.05, 3.63) is 35.7 Å². The molecular weight excluding hydrogens is 386 g/mol. The summed E-state index contributed by atoms with van der Waals surface area (Å²) < 4.78 is 25.4. The molecule has 0 saturated carbocycles. The van der Waals surface area contributed by atoms with Crippen molar-refractivity contribution in [1.29, 1.82) is 0 Å². The molecule has 0 atom stereocenters. The maximum atomic E-state index is 12.7. The van der Waals surface area contributed by atoms with Gasteiger partial charge in [-0.25, -0.2) is 0 Å². The van der Waals surface area contributed by atoms with Crippen molar-refractivity contribution in [2.24, 2.45) is 0 Å². The van der Waals surface area contributed by atoms with Gasteiger partial charge in [0.15, 0.2) is 5.82 Å². The molecule has 2 heterocycles. The smallest absolute Gasteiger partial charge is 0.288 e. The molecule has 0 spiro atoms. The fraction of sp³-hybridized carbons (Fsp3) is 0.444. The van der Waals surface area contributed by atoms with Crippen LogP contribution in [0.15, 0.2) is 29.2 Å². The Labute approximate surface area is 166 Å². The predicted molar refractivity (Wildman–Crippen MR) is 105 cm³/mol. The van der Waals surface area contributed by atoms with Crippen molar-refractivity contribution >= 4 is 29.6 Å². The minimum atomic E-state index is -2.59. The van der Waals surface area contributed by atoms with Gasteiger partial charge >= 0.3 is 0 Å². The topological polar surface area (TPSA) is 74.2 Å². The number of rotatable bonds is 7. The average Bonchev–Trinajstić information content (AvgIpc) is 3.20. The van der Waals surface area contributed by atoms with Gasteiger partial charge in [0.25, 0.3) is 11.7 Å². The molecule has 0 unspecified atom stereocenters. The first-order valence-electron chi connectivity index (χ1n) is 8.93. The van der Waals surface area contributed by atoms with Gasteiger partial charge in [0.2, 0.25) is 11.9 Å². The molecule has 10 heteroatoms. The highest BCUT2D eigenvalue weighted by Crippen LogP contribution is 2.28. The second-order valence-corrected chi connectivity index (χ2v) is 7.53. The van der Waals surface area contributed by atoms with Crippen LogP contribution in [0.25, 0.3) is 0 Å². The van der Waals surface area contributed by atoms with E-state index >= 15 is 0 Å². The van der Waals surface area contributed by atoms with E-state index in [1.807, 2.05) is 14.1 Å². The predicted octanol–water partition coefficient (Wildman–Crippen LogP) is 2.78. The van der Waals surface area contributed by atoms with Crippen LogP contribution in [0, 0.1) is 0 Å². The molecule has 1 N–H and O–H groups in total. The van der Waals surface area contributed by atoms with Crippen LogP contribution in [0.3, 0.4) is 0 Å². The number of anilines is 2. The third-order valence-electron chi connectivity index (χ3n) is 4.20. The number of nitrogens with zero attached hydrogens (tertiary/aromatic N) is 5. The van der Waals surface area contributed by atoms with Gasteiger partial charge in [-0.05, 0) is 25.0 Å². The molecule has 1 fully saturated rings. The monoisotopic (exact) mass is 408 g/mol. The molecule has 7 nitrogen and oxygen atoms in total. The summed E-state index contributed by atoms with van der Waals surface area (Å²) >= 11 is 0.352. The normalized spacial score (nSPS) is 13.8. The highest BCUT2D eigenvalue weighted by atomic mass is 32.2. The minimum absolute atomic E-state index is 0.0801. The number of halogens is 2. The largest absolute Gasteiger partial charge is 0.347 e. The van der Waals surface area contributed by atoms with Crippen LogP contribution in [0.4, 0.5) is 20.7 Å². The van der Waals surface area contributed by atoms with Crippen LogP contribution in [0.2, 0.25) is 0 Å². The molecule has 0 bridgehead atoms. The van der Waals surface area contributed by atoms with Crippen LogP contribution in [0.1, 0.15) is 29.0 Å². The van der Waals surface area contributed by atoms with Crippen molar-refractivity contribution in [2.45, 2.75) is 30.0 Å². The fourth-order valence-corrected chi connectivity index (χ4v) is 3.48. The summed E-state index contributed by atoms with van der Waals surface area (Å²) in [5, 5.41) is 2.73. The summed E-state index contributed by atoms with van der Waals surface area (Å²) in [6, 6.07) is 6.29. The van der Waals surface area contributed by atoms with Gasteiger partial charge in [-0.1, -0.05) is 23.9 Å². The van der Waals surface area contributed by atoms with E-state index in [1.165, 1.54) is 12.1 Å². The Morgan fingerprint density at radius 3 is 2.61 bits per heavy atom. The summed E-state index contributed by atoms with van der Waals surface area (Å²) in [5.74, 6) is -1.52. The lowest BCUT2D eigenvalue weighted by Crippen LogP contribution is -2.28. The first-order valence-corrected chi connectivity index (χ1v) is 9.81. The number of carbonyl (C=O) groups is 1. The van der Waals surface area contributed by atoms with Crippen LogP contribution in [-0.4, -0.2) is 53.8 Å². The van der Waals surface area contributed by atoms with E-state index in [4.69, 9.17) is 0 Å². The minimum Gasteiger partial charge on any atom is -0.347 e. The fourth-order valence-electron chi connectivity index (χ4n) is 2.84. The van der Waals surface area contributed by atoms with Crippen molar-refractivity contribution in [3.63, 3.8) is 0 Å². The average molecular weight is 408 g/mol. The number of hydrogen-bond donors (Lipinski definition) is 1. The van der Waals surface area contributed by atoms with Gasteiger partial charge < -0.3 is 15.1 Å². The van der Waals surface area contributed by atoms with Crippen molar-refractivity contribution in [3.8, 4) is 0 Å². The third-order valence-corrected chi connectivity index (χ3v) is 4.99. The molecule has 2 aromatic rings. The Balaban J connectivity index is 1.76. The number of hydrogen-bond acceptors (Lipinski definition) is 7. The number of carbonyl (C=O) groups excluding carboxylic acids is 1. The lowest BCUT2D eigenvalue weighted by molar-refractivity contribution is 0.0947. The highest BCUT2D eigenvalue weighted by molar-refractivity contribution is 7.99. The number of nitrogens with one attached hydrogen (secondary N) is 1. The summed E-state index contributed by atoms with van der Waals surface area (Å²) in [6.45, 7) is 1.86. The summed E-state index contributed by atoms with van der Waals surface area (Å²) in [4.78, 5) is 29.9. The van der Waals surface area contributed by atoms with Gasteiger partial charge in [-0.3, -0.25) is 4.79 Å². The van der Waals surface area contributed by atoms with Crippen LogP contribution >= 0.6 is 11.8 Å². The molecule has 1 aliphatic heterocycles. The molecular formula is C18H22F2N6OS. The molecule has 28 heavy (non-hydrogen) atoms. The lowest BCUT2D eigenvalue weighted by atomic mass is 10.2. The Morgan fingerprint density at radius 2 is 1.93 bits per heavy atom. The Hall–Kier alpha value is -2.49. The van der Waals surface area contributed by atoms with Gasteiger partial charge in [-0.15, -0.1) is 0 Å². The highest BCUT2D eigenvalue weighted by Gasteiger charge is 2.19. The molecule has 1 aromatic heterocycles. The first kappa shape index (κ1) is 20.2. The van der Waals surface area contributed by atoms with Gasteiger partial charge in [0, 0.05) is 32.1 Å². The van der Waals surface area contributed by atoms with Crippen molar-refractivity contribution in [1.82, 2.24) is 20.3 Å². The van der Waals surface area contributed by atoms with E-state index in [2.05, 4.69) is 25.2 Å². The second kappa shape index (κ2) is 9.13.